The van der Waals surface area contributed by atoms with E-state index in [9.17, 15) is 4.79 Å². The minimum absolute atomic E-state index is 0.0367. The first-order valence-corrected chi connectivity index (χ1v) is 9.94. The summed E-state index contributed by atoms with van der Waals surface area (Å²) in [6.45, 7) is 1.57. The minimum atomic E-state index is 0.0367. The minimum Gasteiger partial charge on any atom is -0.497 e. The Hall–Kier alpha value is -3.13. The highest BCUT2D eigenvalue weighted by molar-refractivity contribution is 7.71. The molecule has 0 saturated carbocycles. The fraction of sp³-hybridized carbons (Fsp3) is 0.286. The molecule has 1 saturated heterocycles. The maximum absolute atomic E-state index is 12.9. The number of nitrogens with zero attached hydrogens (tertiary/aromatic N) is 3. The van der Waals surface area contributed by atoms with Crippen molar-refractivity contribution in [2.45, 2.75) is 19.0 Å². The zero-order chi connectivity index (χ0) is 20.2. The third-order valence-corrected chi connectivity index (χ3v) is 5.40. The van der Waals surface area contributed by atoms with Crippen molar-refractivity contribution in [2.75, 3.05) is 25.5 Å². The molecule has 0 spiro atoms. The summed E-state index contributed by atoms with van der Waals surface area (Å²) in [6.07, 6.45) is 0.919. The molecular weight excluding hydrogens is 386 g/mol. The van der Waals surface area contributed by atoms with Gasteiger partial charge in [0.05, 0.1) is 7.11 Å². The predicted octanol–water partition coefficient (Wildman–Crippen LogP) is 3.33. The Morgan fingerprint density at radius 3 is 2.72 bits per heavy atom. The molecule has 1 unspecified atom stereocenters. The molecule has 0 radical (unpaired) electrons. The molecule has 1 amide bonds. The van der Waals surface area contributed by atoms with E-state index in [1.807, 2.05) is 59.5 Å². The van der Waals surface area contributed by atoms with Crippen LogP contribution in [0.15, 0.2) is 54.6 Å². The van der Waals surface area contributed by atoms with Crippen LogP contribution in [-0.4, -0.2) is 51.8 Å². The van der Waals surface area contributed by atoms with Crippen LogP contribution in [0.2, 0.25) is 0 Å². The number of rotatable bonds is 6. The van der Waals surface area contributed by atoms with Gasteiger partial charge in [-0.1, -0.05) is 18.2 Å². The largest absolute Gasteiger partial charge is 0.497 e. The molecule has 1 atom stereocenters. The fourth-order valence-electron chi connectivity index (χ4n) is 3.53. The van der Waals surface area contributed by atoms with E-state index in [1.165, 1.54) is 0 Å². The lowest BCUT2D eigenvalue weighted by atomic mass is 10.2. The predicted molar refractivity (Wildman–Crippen MR) is 114 cm³/mol. The molecule has 0 aliphatic carbocycles. The number of methoxy groups -OCH3 is 1. The molecule has 1 aliphatic heterocycles. The van der Waals surface area contributed by atoms with E-state index in [1.54, 1.807) is 11.7 Å². The number of amides is 1. The zero-order valence-corrected chi connectivity index (χ0v) is 17.0. The summed E-state index contributed by atoms with van der Waals surface area (Å²) in [5.74, 6) is 1.44. The van der Waals surface area contributed by atoms with Gasteiger partial charge in [-0.2, -0.15) is 5.10 Å². The number of H-pyrrole nitrogens is 1. The van der Waals surface area contributed by atoms with Crippen LogP contribution in [0.25, 0.3) is 11.4 Å². The van der Waals surface area contributed by atoms with E-state index < -0.39 is 0 Å². The van der Waals surface area contributed by atoms with Gasteiger partial charge in [0.15, 0.2) is 10.6 Å². The van der Waals surface area contributed by atoms with E-state index in [0.29, 0.717) is 17.1 Å². The summed E-state index contributed by atoms with van der Waals surface area (Å²) in [6, 6.07) is 17.8. The SMILES string of the molecule is COc1ccc(-c2n[nH]c(=S)n2CC(=O)N2CCC(Nc3ccccc3)C2)cc1. The molecule has 0 bridgehead atoms. The Morgan fingerprint density at radius 2 is 2.00 bits per heavy atom. The number of para-hydroxylation sites is 1. The number of ether oxygens (including phenoxy) is 1. The van der Waals surface area contributed by atoms with Crippen molar-refractivity contribution in [3.8, 4) is 17.1 Å². The van der Waals surface area contributed by atoms with Gasteiger partial charge in [0, 0.05) is 30.4 Å². The summed E-state index contributed by atoms with van der Waals surface area (Å²) < 4.78 is 7.38. The molecule has 1 aliphatic rings. The monoisotopic (exact) mass is 409 g/mol. The van der Waals surface area contributed by atoms with Crippen LogP contribution < -0.4 is 10.1 Å². The summed E-state index contributed by atoms with van der Waals surface area (Å²) in [4.78, 5) is 14.8. The molecule has 2 heterocycles. The Morgan fingerprint density at radius 1 is 1.24 bits per heavy atom. The molecular formula is C21H23N5O2S. The lowest BCUT2D eigenvalue weighted by Crippen LogP contribution is -2.34. The molecule has 150 valence electrons. The topological polar surface area (TPSA) is 75.2 Å². The highest BCUT2D eigenvalue weighted by Crippen LogP contribution is 2.22. The van der Waals surface area contributed by atoms with Crippen LogP contribution in [0, 0.1) is 4.77 Å². The number of hydrogen-bond donors (Lipinski definition) is 2. The average Bonchev–Trinajstić information content (AvgIpc) is 3.36. The Kier molecular flexibility index (Phi) is 5.62. The summed E-state index contributed by atoms with van der Waals surface area (Å²) >= 11 is 5.36. The average molecular weight is 410 g/mol. The van der Waals surface area contributed by atoms with Gasteiger partial charge < -0.3 is 15.0 Å². The number of aromatic amines is 1. The quantitative estimate of drug-likeness (QED) is 0.611. The molecule has 29 heavy (non-hydrogen) atoms. The summed E-state index contributed by atoms with van der Waals surface area (Å²) in [5.41, 5.74) is 1.95. The van der Waals surface area contributed by atoms with E-state index in [-0.39, 0.29) is 18.5 Å². The van der Waals surface area contributed by atoms with Gasteiger partial charge in [-0.15, -0.1) is 0 Å². The standard InChI is InChI=1S/C21H23N5O2S/c1-28-18-9-7-15(8-10-18)20-23-24-21(29)26(20)14-19(27)25-12-11-17(13-25)22-16-5-3-2-4-6-16/h2-10,17,22H,11-14H2,1H3,(H,24,29). The second-order valence-corrected chi connectivity index (χ2v) is 7.39. The first-order valence-electron chi connectivity index (χ1n) is 9.53. The van der Waals surface area contributed by atoms with Gasteiger partial charge in [-0.05, 0) is 55.0 Å². The van der Waals surface area contributed by atoms with Crippen molar-refractivity contribution in [2.24, 2.45) is 0 Å². The van der Waals surface area contributed by atoms with Crippen molar-refractivity contribution < 1.29 is 9.53 Å². The van der Waals surface area contributed by atoms with Gasteiger partial charge in [0.1, 0.15) is 12.3 Å². The molecule has 7 nitrogen and oxygen atoms in total. The van der Waals surface area contributed by atoms with Crippen molar-refractivity contribution in [1.82, 2.24) is 19.7 Å². The molecule has 8 heteroatoms. The van der Waals surface area contributed by atoms with E-state index in [0.717, 1.165) is 30.0 Å². The van der Waals surface area contributed by atoms with Gasteiger partial charge in [-0.3, -0.25) is 14.5 Å². The third-order valence-electron chi connectivity index (χ3n) is 5.09. The van der Waals surface area contributed by atoms with Crippen molar-refractivity contribution in [1.29, 1.82) is 0 Å². The smallest absolute Gasteiger partial charge is 0.242 e. The number of aromatic nitrogens is 3. The molecule has 1 aromatic heterocycles. The van der Waals surface area contributed by atoms with Gasteiger partial charge in [-0.25, -0.2) is 0 Å². The number of benzene rings is 2. The first-order chi connectivity index (χ1) is 14.1. The maximum Gasteiger partial charge on any atom is 0.242 e. The van der Waals surface area contributed by atoms with E-state index in [4.69, 9.17) is 17.0 Å². The van der Waals surface area contributed by atoms with Crippen LogP contribution in [0.4, 0.5) is 5.69 Å². The first kappa shape index (κ1) is 19.2. The lowest BCUT2D eigenvalue weighted by molar-refractivity contribution is -0.130. The number of carbonyl (C=O) groups is 1. The van der Waals surface area contributed by atoms with Gasteiger partial charge in [0.25, 0.3) is 0 Å². The third kappa shape index (κ3) is 4.32. The van der Waals surface area contributed by atoms with Gasteiger partial charge in [0.2, 0.25) is 5.91 Å². The number of anilines is 1. The Bertz CT molecular complexity index is 1030. The van der Waals surface area contributed by atoms with Crippen molar-refractivity contribution in [3.05, 3.63) is 59.4 Å². The zero-order valence-electron chi connectivity index (χ0n) is 16.2. The maximum atomic E-state index is 12.9. The highest BCUT2D eigenvalue weighted by atomic mass is 32.1. The normalized spacial score (nSPS) is 16.0. The van der Waals surface area contributed by atoms with Crippen LogP contribution in [0.3, 0.4) is 0 Å². The Balaban J connectivity index is 1.44. The molecule has 2 aromatic carbocycles. The summed E-state index contributed by atoms with van der Waals surface area (Å²) in [5, 5.41) is 10.6. The lowest BCUT2D eigenvalue weighted by Gasteiger charge is -2.18. The Labute approximate surface area is 174 Å². The van der Waals surface area contributed by atoms with Crippen LogP contribution in [-0.2, 0) is 11.3 Å². The number of nitrogens with one attached hydrogen (secondary N) is 2. The molecule has 4 rings (SSSR count). The second kappa shape index (κ2) is 8.48. The van der Waals surface area contributed by atoms with Crippen LogP contribution >= 0.6 is 12.2 Å². The molecule has 3 aromatic rings. The molecule has 1 fully saturated rings. The second-order valence-electron chi connectivity index (χ2n) is 7.00. The van der Waals surface area contributed by atoms with Crippen LogP contribution in [0.5, 0.6) is 5.75 Å². The van der Waals surface area contributed by atoms with E-state index in [2.05, 4.69) is 15.5 Å². The van der Waals surface area contributed by atoms with Crippen LogP contribution in [0.1, 0.15) is 6.42 Å². The molecule has 2 N–H and O–H groups in total. The fourth-order valence-corrected chi connectivity index (χ4v) is 3.73. The van der Waals surface area contributed by atoms with E-state index >= 15 is 0 Å². The number of hydrogen-bond acceptors (Lipinski definition) is 5. The number of likely N-dealkylation sites (tertiary alicyclic amines) is 1. The van der Waals surface area contributed by atoms with Gasteiger partial charge >= 0.3 is 0 Å². The van der Waals surface area contributed by atoms with Crippen molar-refractivity contribution >= 4 is 23.8 Å². The van der Waals surface area contributed by atoms with Crippen molar-refractivity contribution in [3.63, 3.8) is 0 Å². The summed E-state index contributed by atoms with van der Waals surface area (Å²) in [7, 11) is 1.62. The number of carbonyl (C=O) groups excluding carboxylic acids is 1. The highest BCUT2D eigenvalue weighted by Gasteiger charge is 2.27.